The van der Waals surface area contributed by atoms with Gasteiger partial charge in [-0.25, -0.2) is 0 Å². The molecule has 0 heterocycles. The van der Waals surface area contributed by atoms with Crippen LogP contribution in [0.2, 0.25) is 3.93 Å². The average Bonchev–Trinajstić information content (AvgIpc) is 1.93. The molecule has 0 amide bonds. The maximum atomic E-state index is 2.55. The third-order valence-corrected chi connectivity index (χ3v) is 19.7. The molecule has 0 bridgehead atoms. The minimum absolute atomic E-state index is 0.990. The second kappa shape index (κ2) is 4.68. The summed E-state index contributed by atoms with van der Waals surface area (Å²) < 4.78 is 8.65. The van der Waals surface area contributed by atoms with E-state index in [1.54, 1.807) is 0 Å². The molecule has 0 aromatic rings. The molecule has 0 atom stereocenters. The van der Waals surface area contributed by atoms with Crippen LogP contribution >= 0.6 is 0 Å². The monoisotopic (exact) mass is 307 g/mol. The molecule has 1 saturated carbocycles. The van der Waals surface area contributed by atoms with E-state index in [4.69, 9.17) is 0 Å². The van der Waals surface area contributed by atoms with Crippen LogP contribution < -0.4 is 0 Å². The van der Waals surface area contributed by atoms with Crippen LogP contribution in [0.4, 0.5) is 0 Å². The molecule has 0 aromatic carbocycles. The summed E-state index contributed by atoms with van der Waals surface area (Å²) >= 11 is -2.38. The summed E-state index contributed by atoms with van der Waals surface area (Å²) in [5, 5.41) is 0. The molecule has 0 saturated heterocycles. The number of hydrogen-bond acceptors (Lipinski definition) is 3. The predicted octanol–water partition coefficient (Wildman–Crippen LogP) is 1.16. The van der Waals surface area contributed by atoms with Crippen molar-refractivity contribution in [2.45, 2.75) is 23.2 Å². The van der Waals surface area contributed by atoms with Crippen molar-refractivity contribution in [3.05, 3.63) is 0 Å². The SMILES string of the molecule is C[N](C)[Sn]([CH]1CCC1)([N](C)C)[N](C)C. The Morgan fingerprint density at radius 2 is 1.14 bits per heavy atom. The Kier molecular flexibility index (Phi) is 4.26. The van der Waals surface area contributed by atoms with Crippen molar-refractivity contribution >= 4 is 19.2 Å². The van der Waals surface area contributed by atoms with Crippen LogP contribution in [0.15, 0.2) is 0 Å². The van der Waals surface area contributed by atoms with Crippen LogP contribution in [0, 0.1) is 0 Å². The first-order valence-corrected chi connectivity index (χ1v) is 10.9. The van der Waals surface area contributed by atoms with E-state index < -0.39 is 19.2 Å². The summed E-state index contributed by atoms with van der Waals surface area (Å²) in [6, 6.07) is 0. The van der Waals surface area contributed by atoms with Gasteiger partial charge < -0.3 is 0 Å². The number of hydrogen-bond donors (Lipinski definition) is 0. The Balaban J connectivity index is 2.94. The van der Waals surface area contributed by atoms with Crippen LogP contribution in [0.1, 0.15) is 19.3 Å². The Morgan fingerprint density at radius 1 is 0.786 bits per heavy atom. The molecule has 4 heteroatoms. The summed E-state index contributed by atoms with van der Waals surface area (Å²) in [4.78, 5) is 0. The molecule has 0 spiro atoms. The van der Waals surface area contributed by atoms with Crippen molar-refractivity contribution in [3.8, 4) is 0 Å². The summed E-state index contributed by atoms with van der Waals surface area (Å²) in [6.07, 6.45) is 4.34. The van der Waals surface area contributed by atoms with Crippen LogP contribution in [-0.4, -0.2) is 70.8 Å². The van der Waals surface area contributed by atoms with Gasteiger partial charge in [-0.1, -0.05) is 0 Å². The first kappa shape index (κ1) is 12.7. The number of rotatable bonds is 4. The van der Waals surface area contributed by atoms with Gasteiger partial charge in [-0.05, 0) is 0 Å². The van der Waals surface area contributed by atoms with Gasteiger partial charge in [0, 0.05) is 0 Å². The molecule has 1 aliphatic carbocycles. The molecule has 1 rings (SSSR count). The third kappa shape index (κ3) is 1.84. The first-order valence-electron chi connectivity index (χ1n) is 5.46. The molecular formula is C10H25N3Sn. The third-order valence-electron chi connectivity index (χ3n) is 3.63. The normalized spacial score (nSPS) is 19.5. The van der Waals surface area contributed by atoms with Gasteiger partial charge in [-0.15, -0.1) is 0 Å². The van der Waals surface area contributed by atoms with Gasteiger partial charge in [-0.3, -0.25) is 0 Å². The van der Waals surface area contributed by atoms with E-state index in [0.717, 1.165) is 3.93 Å². The van der Waals surface area contributed by atoms with Gasteiger partial charge in [0.25, 0.3) is 0 Å². The van der Waals surface area contributed by atoms with Crippen molar-refractivity contribution < 1.29 is 0 Å². The molecular weight excluding hydrogens is 281 g/mol. The molecule has 0 aliphatic heterocycles. The second-order valence-electron chi connectivity index (χ2n) is 5.00. The molecule has 1 aliphatic rings. The molecule has 14 heavy (non-hydrogen) atoms. The summed E-state index contributed by atoms with van der Waals surface area (Å²) in [6.45, 7) is 0. The zero-order valence-corrected chi connectivity index (χ0v) is 13.4. The van der Waals surface area contributed by atoms with E-state index in [1.807, 2.05) is 0 Å². The van der Waals surface area contributed by atoms with E-state index in [-0.39, 0.29) is 0 Å². The Labute approximate surface area is 94.0 Å². The fourth-order valence-corrected chi connectivity index (χ4v) is 19.6. The van der Waals surface area contributed by atoms with Gasteiger partial charge >= 0.3 is 94.0 Å². The summed E-state index contributed by atoms with van der Waals surface area (Å²) in [5.74, 6) is 0. The average molecular weight is 306 g/mol. The quantitative estimate of drug-likeness (QED) is 0.722. The van der Waals surface area contributed by atoms with E-state index in [0.29, 0.717) is 0 Å². The van der Waals surface area contributed by atoms with E-state index in [1.165, 1.54) is 19.3 Å². The second-order valence-corrected chi connectivity index (χ2v) is 18.9. The van der Waals surface area contributed by atoms with E-state index in [2.05, 4.69) is 51.7 Å². The molecule has 0 N–H and O–H groups in total. The van der Waals surface area contributed by atoms with Gasteiger partial charge in [0.05, 0.1) is 0 Å². The zero-order chi connectivity index (χ0) is 10.9. The van der Waals surface area contributed by atoms with Crippen molar-refractivity contribution in [2.24, 2.45) is 0 Å². The van der Waals surface area contributed by atoms with Crippen LogP contribution in [0.3, 0.4) is 0 Å². The summed E-state index contributed by atoms with van der Waals surface area (Å²) in [5.41, 5.74) is 0. The Morgan fingerprint density at radius 3 is 1.21 bits per heavy atom. The standard InChI is InChI=1S/C4H7.3C2H6N.Sn/c1-2-4-3-1;3*1-3-2;/h1H,2-4H2;3*1-2H3;/q;3*-1;+3. The van der Waals surface area contributed by atoms with Crippen LogP contribution in [0.5, 0.6) is 0 Å². The molecule has 3 nitrogen and oxygen atoms in total. The minimum atomic E-state index is -2.38. The molecule has 0 radical (unpaired) electrons. The molecule has 84 valence electrons. The molecule has 0 unspecified atom stereocenters. The van der Waals surface area contributed by atoms with Crippen molar-refractivity contribution in [1.29, 1.82) is 0 Å². The molecule has 1 fully saturated rings. The van der Waals surface area contributed by atoms with Gasteiger partial charge in [0.15, 0.2) is 0 Å². The van der Waals surface area contributed by atoms with Crippen molar-refractivity contribution in [1.82, 2.24) is 9.36 Å². The van der Waals surface area contributed by atoms with E-state index in [9.17, 15) is 0 Å². The Hall–Kier alpha value is 0.679. The number of nitrogens with zero attached hydrogens (tertiary/aromatic N) is 3. The van der Waals surface area contributed by atoms with Crippen LogP contribution in [0.25, 0.3) is 0 Å². The topological polar surface area (TPSA) is 9.72 Å². The summed E-state index contributed by atoms with van der Waals surface area (Å²) in [7, 11) is 13.6. The fourth-order valence-electron chi connectivity index (χ4n) is 3.09. The van der Waals surface area contributed by atoms with E-state index >= 15 is 0 Å². The maximum absolute atomic E-state index is 2.55. The van der Waals surface area contributed by atoms with Crippen LogP contribution in [-0.2, 0) is 0 Å². The van der Waals surface area contributed by atoms with Crippen molar-refractivity contribution in [2.75, 3.05) is 42.3 Å². The van der Waals surface area contributed by atoms with Gasteiger partial charge in [-0.2, -0.15) is 0 Å². The fraction of sp³-hybridized carbons (Fsp3) is 1.00. The molecule has 0 aromatic heterocycles. The zero-order valence-electron chi connectivity index (χ0n) is 10.5. The van der Waals surface area contributed by atoms with Gasteiger partial charge in [0.1, 0.15) is 0 Å². The first-order chi connectivity index (χ1) is 6.44. The van der Waals surface area contributed by atoms with Gasteiger partial charge in [0.2, 0.25) is 0 Å². The van der Waals surface area contributed by atoms with Crippen molar-refractivity contribution in [3.63, 3.8) is 0 Å². The Bertz CT molecular complexity index is 166. The predicted molar refractivity (Wildman–Crippen MR) is 64.4 cm³/mol.